The minimum absolute atomic E-state index is 0.326. The van der Waals surface area contributed by atoms with Crippen LogP contribution in [-0.2, 0) is 0 Å². The van der Waals surface area contributed by atoms with Crippen molar-refractivity contribution in [3.05, 3.63) is 0 Å². The van der Waals surface area contributed by atoms with E-state index >= 15 is 0 Å². The molecule has 0 amide bonds. The lowest BCUT2D eigenvalue weighted by molar-refractivity contribution is 0.0163. The summed E-state index contributed by atoms with van der Waals surface area (Å²) in [6.45, 7) is 12.0. The smallest absolute Gasteiger partial charge is 0.0252 e. The van der Waals surface area contributed by atoms with Gasteiger partial charge in [-0.05, 0) is 49.6 Å². The third kappa shape index (κ3) is 3.00. The molecule has 1 aliphatic heterocycles. The normalized spacial score (nSPS) is 35.2. The highest BCUT2D eigenvalue weighted by atomic mass is 15.2. The first-order valence-electron chi connectivity index (χ1n) is 8.44. The average molecular weight is 266 g/mol. The minimum Gasteiger partial charge on any atom is -0.326 e. The predicted molar refractivity (Wildman–Crippen MR) is 83.2 cm³/mol. The molecule has 1 aliphatic carbocycles. The summed E-state index contributed by atoms with van der Waals surface area (Å²) in [6.07, 6.45) is 9.42. The summed E-state index contributed by atoms with van der Waals surface area (Å²) in [4.78, 5) is 2.72. The highest BCUT2D eigenvalue weighted by molar-refractivity contribution is 4.98. The van der Waals surface area contributed by atoms with Gasteiger partial charge in [0.25, 0.3) is 0 Å². The summed E-state index contributed by atoms with van der Waals surface area (Å²) in [5, 5.41) is 0. The highest BCUT2D eigenvalue weighted by Gasteiger charge is 2.41. The average Bonchev–Trinajstić information content (AvgIpc) is 2.42. The lowest BCUT2D eigenvalue weighted by atomic mass is 9.69. The Balaban J connectivity index is 1.97. The Kier molecular flexibility index (Phi) is 4.62. The van der Waals surface area contributed by atoms with E-state index in [0.717, 1.165) is 0 Å². The number of likely N-dealkylation sites (tertiary alicyclic amines) is 1. The van der Waals surface area contributed by atoms with E-state index in [0.29, 0.717) is 22.9 Å². The lowest BCUT2D eigenvalue weighted by Gasteiger charge is -2.50. The minimum atomic E-state index is 0.326. The van der Waals surface area contributed by atoms with E-state index in [1.807, 2.05) is 0 Å². The number of rotatable bonds is 3. The van der Waals surface area contributed by atoms with Crippen LogP contribution in [-0.4, -0.2) is 30.1 Å². The summed E-state index contributed by atoms with van der Waals surface area (Å²) in [5.74, 6) is 0. The van der Waals surface area contributed by atoms with Gasteiger partial charge in [0.1, 0.15) is 0 Å². The summed E-state index contributed by atoms with van der Waals surface area (Å²) >= 11 is 0. The molecular weight excluding hydrogens is 232 g/mol. The maximum absolute atomic E-state index is 6.58. The molecular formula is C17H34N2. The molecule has 0 spiro atoms. The van der Waals surface area contributed by atoms with Gasteiger partial charge < -0.3 is 5.73 Å². The topological polar surface area (TPSA) is 29.3 Å². The van der Waals surface area contributed by atoms with Gasteiger partial charge in [0.05, 0.1) is 0 Å². The molecule has 2 unspecified atom stereocenters. The molecule has 2 atom stereocenters. The first-order valence-corrected chi connectivity index (χ1v) is 8.44. The highest BCUT2D eigenvalue weighted by Crippen LogP contribution is 2.42. The van der Waals surface area contributed by atoms with Gasteiger partial charge in [-0.25, -0.2) is 0 Å². The molecule has 112 valence electrons. The molecule has 2 fully saturated rings. The van der Waals surface area contributed by atoms with Crippen LogP contribution in [0.4, 0.5) is 0 Å². The van der Waals surface area contributed by atoms with Crippen LogP contribution in [0.3, 0.4) is 0 Å². The Labute approximate surface area is 120 Å². The molecule has 19 heavy (non-hydrogen) atoms. The largest absolute Gasteiger partial charge is 0.326 e. The van der Waals surface area contributed by atoms with Crippen LogP contribution in [0.15, 0.2) is 0 Å². The van der Waals surface area contributed by atoms with Crippen LogP contribution in [0.25, 0.3) is 0 Å². The molecule has 2 heteroatoms. The predicted octanol–water partition coefficient (Wildman–Crippen LogP) is 3.79. The van der Waals surface area contributed by atoms with Crippen LogP contribution in [0.5, 0.6) is 0 Å². The Morgan fingerprint density at radius 2 is 1.63 bits per heavy atom. The van der Waals surface area contributed by atoms with Crippen molar-refractivity contribution < 1.29 is 0 Å². The molecule has 1 saturated heterocycles. The van der Waals surface area contributed by atoms with Gasteiger partial charge in [-0.3, -0.25) is 4.90 Å². The lowest BCUT2D eigenvalue weighted by Crippen LogP contribution is -2.58. The number of hydrogen-bond acceptors (Lipinski definition) is 2. The maximum Gasteiger partial charge on any atom is 0.0252 e. The van der Waals surface area contributed by atoms with Crippen molar-refractivity contribution in [2.45, 2.75) is 84.7 Å². The summed E-state index contributed by atoms with van der Waals surface area (Å²) in [7, 11) is 0. The number of nitrogens with zero attached hydrogens (tertiary/aromatic N) is 1. The SMILES string of the molecule is CCC1(CC)CCN(C2CCCC(C)(C)C2N)CC1. The first kappa shape index (κ1) is 15.3. The number of nitrogens with two attached hydrogens (primary N) is 1. The fraction of sp³-hybridized carbons (Fsp3) is 1.00. The summed E-state index contributed by atoms with van der Waals surface area (Å²) < 4.78 is 0. The zero-order valence-corrected chi connectivity index (χ0v) is 13.5. The molecule has 0 aromatic rings. The molecule has 2 nitrogen and oxygen atoms in total. The van der Waals surface area contributed by atoms with E-state index in [1.165, 1.54) is 58.0 Å². The van der Waals surface area contributed by atoms with Crippen LogP contribution < -0.4 is 5.73 Å². The molecule has 0 aromatic heterocycles. The van der Waals surface area contributed by atoms with E-state index in [4.69, 9.17) is 5.73 Å². The third-order valence-corrected chi connectivity index (χ3v) is 6.47. The van der Waals surface area contributed by atoms with E-state index in [1.54, 1.807) is 0 Å². The Bertz CT molecular complexity index is 284. The monoisotopic (exact) mass is 266 g/mol. The Morgan fingerprint density at radius 1 is 1.05 bits per heavy atom. The van der Waals surface area contributed by atoms with E-state index < -0.39 is 0 Å². The zero-order valence-electron chi connectivity index (χ0n) is 13.5. The van der Waals surface area contributed by atoms with Crippen molar-refractivity contribution in [2.75, 3.05) is 13.1 Å². The Morgan fingerprint density at radius 3 is 2.16 bits per heavy atom. The molecule has 2 N–H and O–H groups in total. The van der Waals surface area contributed by atoms with Crippen LogP contribution in [0, 0.1) is 10.8 Å². The van der Waals surface area contributed by atoms with Crippen molar-refractivity contribution in [3.8, 4) is 0 Å². The fourth-order valence-electron chi connectivity index (χ4n) is 4.33. The first-order chi connectivity index (χ1) is 8.94. The molecule has 0 aromatic carbocycles. The van der Waals surface area contributed by atoms with Gasteiger partial charge in [0, 0.05) is 12.1 Å². The third-order valence-electron chi connectivity index (χ3n) is 6.47. The van der Waals surface area contributed by atoms with Gasteiger partial charge in [-0.1, -0.05) is 47.0 Å². The van der Waals surface area contributed by atoms with Crippen molar-refractivity contribution in [2.24, 2.45) is 16.6 Å². The quantitative estimate of drug-likeness (QED) is 0.842. The van der Waals surface area contributed by atoms with Gasteiger partial charge >= 0.3 is 0 Å². The second-order valence-electron chi connectivity index (χ2n) is 7.72. The van der Waals surface area contributed by atoms with E-state index in [9.17, 15) is 0 Å². The van der Waals surface area contributed by atoms with Crippen molar-refractivity contribution >= 4 is 0 Å². The Hall–Kier alpha value is -0.0800. The molecule has 1 heterocycles. The summed E-state index contributed by atoms with van der Waals surface area (Å²) in [5.41, 5.74) is 7.53. The summed E-state index contributed by atoms with van der Waals surface area (Å²) in [6, 6.07) is 0.993. The van der Waals surface area contributed by atoms with Crippen LogP contribution >= 0.6 is 0 Å². The van der Waals surface area contributed by atoms with E-state index in [-0.39, 0.29) is 0 Å². The van der Waals surface area contributed by atoms with Gasteiger partial charge in [0.15, 0.2) is 0 Å². The molecule has 0 radical (unpaired) electrons. The maximum atomic E-state index is 6.58. The van der Waals surface area contributed by atoms with E-state index in [2.05, 4.69) is 32.6 Å². The van der Waals surface area contributed by atoms with Gasteiger partial charge in [0.2, 0.25) is 0 Å². The second kappa shape index (κ2) is 5.73. The molecule has 0 bridgehead atoms. The van der Waals surface area contributed by atoms with Crippen LogP contribution in [0.1, 0.15) is 72.6 Å². The van der Waals surface area contributed by atoms with Crippen molar-refractivity contribution in [3.63, 3.8) is 0 Å². The number of hydrogen-bond donors (Lipinski definition) is 1. The molecule has 2 rings (SSSR count). The van der Waals surface area contributed by atoms with Gasteiger partial charge in [-0.2, -0.15) is 0 Å². The number of piperidine rings is 1. The zero-order chi connectivity index (χ0) is 14.1. The van der Waals surface area contributed by atoms with Crippen LogP contribution in [0.2, 0.25) is 0 Å². The fourth-order valence-corrected chi connectivity index (χ4v) is 4.33. The van der Waals surface area contributed by atoms with Gasteiger partial charge in [-0.15, -0.1) is 0 Å². The second-order valence-corrected chi connectivity index (χ2v) is 7.72. The van der Waals surface area contributed by atoms with Crippen molar-refractivity contribution in [1.82, 2.24) is 4.90 Å². The molecule has 2 aliphatic rings. The van der Waals surface area contributed by atoms with Crippen molar-refractivity contribution in [1.29, 1.82) is 0 Å². The standard InChI is InChI=1S/C17H34N2/c1-5-17(6-2)10-12-19(13-11-17)14-8-7-9-16(3,4)15(14)18/h14-15H,5-13,18H2,1-4H3. The molecule has 1 saturated carbocycles.